The zero-order valence-corrected chi connectivity index (χ0v) is 15.3. The van der Waals surface area contributed by atoms with Gasteiger partial charge in [0, 0.05) is 17.7 Å². The summed E-state index contributed by atoms with van der Waals surface area (Å²) in [6, 6.07) is 2.29. The van der Waals surface area contributed by atoms with Crippen molar-refractivity contribution in [1.82, 2.24) is 0 Å². The van der Waals surface area contributed by atoms with Crippen LogP contribution in [0.3, 0.4) is 0 Å². The van der Waals surface area contributed by atoms with E-state index in [4.69, 9.17) is 0 Å². The maximum absolute atomic E-state index is 13.4. The molecule has 170 valence electrons. The first-order valence-corrected chi connectivity index (χ1v) is 8.80. The Kier molecular flexibility index (Phi) is 5.36. The van der Waals surface area contributed by atoms with E-state index >= 15 is 0 Å². The Balaban J connectivity index is 2.04. The van der Waals surface area contributed by atoms with Crippen molar-refractivity contribution in [3.05, 3.63) is 38.4 Å². The number of nitro groups is 2. The topological polar surface area (TPSA) is 131 Å². The first-order chi connectivity index (χ1) is 14.2. The summed E-state index contributed by atoms with van der Waals surface area (Å²) in [5.41, 5.74) is -5.53. The number of nitrogens with zero attached hydrogens (tertiary/aromatic N) is 3. The average molecular weight is 456 g/mol. The van der Waals surface area contributed by atoms with Crippen molar-refractivity contribution in [2.24, 2.45) is 22.9 Å². The molecule has 2 fully saturated rings. The first-order valence-electron chi connectivity index (χ1n) is 8.80. The number of non-ortho nitro benzene ring substituents is 1. The number of fused-ring (bicyclic) bond motifs is 2. The van der Waals surface area contributed by atoms with Gasteiger partial charge in [0.1, 0.15) is 5.69 Å². The molecule has 0 aliphatic heterocycles. The minimum Gasteiger partial charge on any atom is -0.373 e. The standard InChI is InChI=1S/C16H14F6N4O5/c17-15(18,19)14(27,16(20,21)22)12-7-1-2-8(5-7)13(12)24-23-10-4-3-9(25(28)29)6-11(10)26(30)31/h3-4,6-8,12,23,27H,1-2,5H2/b24-13+. The highest BCUT2D eigenvalue weighted by atomic mass is 19.4. The zero-order valence-electron chi connectivity index (χ0n) is 15.3. The summed E-state index contributed by atoms with van der Waals surface area (Å²) in [7, 11) is 0. The van der Waals surface area contributed by atoms with E-state index in [1.165, 1.54) is 0 Å². The van der Waals surface area contributed by atoms with Crippen LogP contribution < -0.4 is 5.43 Å². The lowest BCUT2D eigenvalue weighted by atomic mass is 9.74. The average Bonchev–Trinajstić information content (AvgIpc) is 3.24. The zero-order chi connectivity index (χ0) is 23.4. The van der Waals surface area contributed by atoms with Crippen LogP contribution in [0.5, 0.6) is 0 Å². The van der Waals surface area contributed by atoms with Gasteiger partial charge in [0.25, 0.3) is 11.3 Å². The molecule has 0 aromatic heterocycles. The predicted octanol–water partition coefficient (Wildman–Crippen LogP) is 4.17. The Morgan fingerprint density at radius 3 is 2.16 bits per heavy atom. The lowest BCUT2D eigenvalue weighted by molar-refractivity contribution is -0.393. The van der Waals surface area contributed by atoms with Gasteiger partial charge in [-0.1, -0.05) is 0 Å². The molecular formula is C16H14F6N4O5. The Bertz CT molecular complexity index is 933. The van der Waals surface area contributed by atoms with Crippen LogP contribution in [-0.4, -0.2) is 38.6 Å². The Labute approximate surface area is 169 Å². The number of hydrazone groups is 1. The lowest BCUT2D eigenvalue weighted by Gasteiger charge is -2.41. The second kappa shape index (κ2) is 7.32. The molecule has 9 nitrogen and oxygen atoms in total. The number of alkyl halides is 6. The molecule has 0 spiro atoms. The lowest BCUT2D eigenvalue weighted by Crippen LogP contribution is -2.64. The molecule has 1 aromatic rings. The molecule has 0 heterocycles. The highest BCUT2D eigenvalue weighted by Gasteiger charge is 2.77. The van der Waals surface area contributed by atoms with E-state index in [9.17, 15) is 51.7 Å². The summed E-state index contributed by atoms with van der Waals surface area (Å²) in [6.07, 6.45) is -11.9. The van der Waals surface area contributed by atoms with Crippen molar-refractivity contribution >= 4 is 22.8 Å². The van der Waals surface area contributed by atoms with Gasteiger partial charge in [0.2, 0.25) is 0 Å². The van der Waals surface area contributed by atoms with Crippen LogP contribution in [0.15, 0.2) is 23.3 Å². The van der Waals surface area contributed by atoms with E-state index in [0.29, 0.717) is 6.07 Å². The molecule has 1 aromatic carbocycles. The molecule has 2 aliphatic rings. The summed E-state index contributed by atoms with van der Waals surface area (Å²) in [4.78, 5) is 20.0. The first kappa shape index (κ1) is 22.7. The van der Waals surface area contributed by atoms with Crippen LogP contribution >= 0.6 is 0 Å². The molecule has 31 heavy (non-hydrogen) atoms. The fourth-order valence-corrected chi connectivity index (χ4v) is 4.32. The van der Waals surface area contributed by atoms with Crippen molar-refractivity contribution in [2.45, 2.75) is 37.2 Å². The number of anilines is 1. The maximum atomic E-state index is 13.4. The van der Waals surface area contributed by atoms with Crippen molar-refractivity contribution < 1.29 is 41.3 Å². The van der Waals surface area contributed by atoms with Crippen LogP contribution in [0.2, 0.25) is 0 Å². The highest BCUT2D eigenvalue weighted by Crippen LogP contribution is 2.58. The summed E-state index contributed by atoms with van der Waals surface area (Å²) >= 11 is 0. The number of nitro benzene ring substituents is 2. The van der Waals surface area contributed by atoms with Crippen LogP contribution in [-0.2, 0) is 0 Å². The molecule has 2 aliphatic carbocycles. The van der Waals surface area contributed by atoms with Crippen molar-refractivity contribution in [3.8, 4) is 0 Å². The third-order valence-electron chi connectivity index (χ3n) is 5.69. The monoisotopic (exact) mass is 456 g/mol. The smallest absolute Gasteiger partial charge is 0.373 e. The number of rotatable bonds is 5. The van der Waals surface area contributed by atoms with Gasteiger partial charge in [-0.3, -0.25) is 25.7 Å². The van der Waals surface area contributed by atoms with Gasteiger partial charge in [0.15, 0.2) is 0 Å². The fourth-order valence-electron chi connectivity index (χ4n) is 4.32. The Morgan fingerprint density at radius 1 is 1.03 bits per heavy atom. The SMILES string of the molecule is O=[N+]([O-])c1ccc(N/N=C2\C3CCC(C3)C2C(O)(C(F)(F)F)C(F)(F)F)c([N+](=O)[O-])c1. The third kappa shape index (κ3) is 3.66. The van der Waals surface area contributed by atoms with E-state index < -0.39 is 68.3 Å². The molecule has 0 amide bonds. The largest absolute Gasteiger partial charge is 0.426 e. The van der Waals surface area contributed by atoms with Gasteiger partial charge in [-0.05, 0) is 37.2 Å². The summed E-state index contributed by atoms with van der Waals surface area (Å²) in [5, 5.41) is 35.4. The van der Waals surface area contributed by atoms with E-state index in [0.717, 1.165) is 12.1 Å². The van der Waals surface area contributed by atoms with Gasteiger partial charge in [0.05, 0.1) is 15.9 Å². The molecule has 3 atom stereocenters. The second-order valence-corrected chi connectivity index (χ2v) is 7.37. The highest BCUT2D eigenvalue weighted by molar-refractivity contribution is 5.94. The van der Waals surface area contributed by atoms with E-state index in [-0.39, 0.29) is 19.3 Å². The molecule has 3 unspecified atom stereocenters. The van der Waals surface area contributed by atoms with Gasteiger partial charge in [-0.25, -0.2) is 0 Å². The fraction of sp³-hybridized carbons (Fsp3) is 0.562. The molecular weight excluding hydrogens is 442 g/mol. The number of aliphatic hydroxyl groups is 1. The maximum Gasteiger partial charge on any atom is 0.426 e. The van der Waals surface area contributed by atoms with E-state index in [2.05, 4.69) is 10.5 Å². The molecule has 2 N–H and O–H groups in total. The van der Waals surface area contributed by atoms with Crippen molar-refractivity contribution in [2.75, 3.05) is 5.43 Å². The predicted molar refractivity (Wildman–Crippen MR) is 92.2 cm³/mol. The van der Waals surface area contributed by atoms with E-state index in [1.54, 1.807) is 0 Å². The Morgan fingerprint density at radius 2 is 1.65 bits per heavy atom. The molecule has 0 radical (unpaired) electrons. The van der Waals surface area contributed by atoms with Gasteiger partial charge in [-0.15, -0.1) is 0 Å². The van der Waals surface area contributed by atoms with Crippen molar-refractivity contribution in [3.63, 3.8) is 0 Å². The van der Waals surface area contributed by atoms with Gasteiger partial charge >= 0.3 is 18.0 Å². The number of halogens is 6. The number of hydrogen-bond donors (Lipinski definition) is 2. The summed E-state index contributed by atoms with van der Waals surface area (Å²) in [5.74, 6) is -4.34. The van der Waals surface area contributed by atoms with Gasteiger partial charge in [-0.2, -0.15) is 31.4 Å². The molecule has 2 bridgehead atoms. The second-order valence-electron chi connectivity index (χ2n) is 7.37. The van der Waals surface area contributed by atoms with Crippen LogP contribution in [0, 0.1) is 38.0 Å². The minimum atomic E-state index is -6.04. The van der Waals surface area contributed by atoms with Gasteiger partial charge < -0.3 is 5.11 Å². The van der Waals surface area contributed by atoms with E-state index in [1.807, 2.05) is 0 Å². The summed E-state index contributed by atoms with van der Waals surface area (Å²) in [6.45, 7) is 0. The molecule has 3 rings (SSSR count). The third-order valence-corrected chi connectivity index (χ3v) is 5.69. The number of nitrogens with one attached hydrogen (secondary N) is 1. The number of hydrogen-bond acceptors (Lipinski definition) is 7. The van der Waals surface area contributed by atoms with Crippen LogP contribution in [0.1, 0.15) is 19.3 Å². The molecule has 0 saturated heterocycles. The van der Waals surface area contributed by atoms with Crippen molar-refractivity contribution in [1.29, 1.82) is 0 Å². The number of benzene rings is 1. The normalized spacial score (nSPS) is 25.1. The quantitative estimate of drug-likeness (QED) is 0.388. The Hall–Kier alpha value is -2.97. The minimum absolute atomic E-state index is 0.0283. The molecule has 15 heteroatoms. The molecule has 2 saturated carbocycles. The van der Waals surface area contributed by atoms with Crippen LogP contribution in [0.25, 0.3) is 0 Å². The van der Waals surface area contributed by atoms with Crippen LogP contribution in [0.4, 0.5) is 43.4 Å². The summed E-state index contributed by atoms with van der Waals surface area (Å²) < 4.78 is 80.4.